The molecule has 0 fully saturated rings. The summed E-state index contributed by atoms with van der Waals surface area (Å²) in [7, 11) is 0. The molecule has 0 bridgehead atoms. The highest BCUT2D eigenvalue weighted by molar-refractivity contribution is 5.40. The first-order chi connectivity index (χ1) is 9.26. The van der Waals surface area contributed by atoms with E-state index in [0.29, 0.717) is 13.0 Å². The molecule has 0 aliphatic rings. The predicted molar refractivity (Wildman–Crippen MR) is 70.1 cm³/mol. The summed E-state index contributed by atoms with van der Waals surface area (Å²) in [6, 6.07) is 10.2. The molecule has 0 saturated heterocycles. The predicted octanol–water partition coefficient (Wildman–Crippen LogP) is 1.92. The highest BCUT2D eigenvalue weighted by Crippen LogP contribution is 2.12. The van der Waals surface area contributed by atoms with Crippen LogP contribution in [-0.2, 0) is 13.0 Å². The van der Waals surface area contributed by atoms with E-state index in [2.05, 4.69) is 10.2 Å². The second kappa shape index (κ2) is 4.78. The molecular formula is C14H13FN4. The minimum absolute atomic E-state index is 0.236. The van der Waals surface area contributed by atoms with E-state index in [0.717, 1.165) is 22.6 Å². The molecule has 0 aliphatic heterocycles. The van der Waals surface area contributed by atoms with Crippen LogP contribution in [0.25, 0.3) is 5.65 Å². The summed E-state index contributed by atoms with van der Waals surface area (Å²) in [5.74, 6) is 0.581. The monoisotopic (exact) mass is 256 g/mol. The third kappa shape index (κ3) is 2.32. The smallest absolute Gasteiger partial charge is 0.160 e. The van der Waals surface area contributed by atoms with Gasteiger partial charge in [0.25, 0.3) is 0 Å². The lowest BCUT2D eigenvalue weighted by molar-refractivity contribution is 0.627. The maximum Gasteiger partial charge on any atom is 0.160 e. The molecule has 3 aromatic rings. The molecule has 3 rings (SSSR count). The number of hydrogen-bond donors (Lipinski definition) is 1. The third-order valence-electron chi connectivity index (χ3n) is 3.05. The Hall–Kier alpha value is -2.27. The van der Waals surface area contributed by atoms with Crippen molar-refractivity contribution < 1.29 is 4.39 Å². The van der Waals surface area contributed by atoms with Crippen LogP contribution in [0.2, 0.25) is 0 Å². The summed E-state index contributed by atoms with van der Waals surface area (Å²) >= 11 is 0. The fourth-order valence-electron chi connectivity index (χ4n) is 2.01. The van der Waals surface area contributed by atoms with Crippen LogP contribution < -0.4 is 5.73 Å². The molecule has 2 aromatic heterocycles. The lowest BCUT2D eigenvalue weighted by Gasteiger charge is -2.02. The highest BCUT2D eigenvalue weighted by Gasteiger charge is 2.07. The van der Waals surface area contributed by atoms with E-state index in [-0.39, 0.29) is 5.82 Å². The normalized spacial score (nSPS) is 11.1. The van der Waals surface area contributed by atoms with E-state index in [1.165, 1.54) is 12.1 Å². The third-order valence-corrected chi connectivity index (χ3v) is 3.05. The number of aromatic nitrogens is 3. The van der Waals surface area contributed by atoms with Crippen LogP contribution in [0.15, 0.2) is 42.6 Å². The van der Waals surface area contributed by atoms with E-state index in [1.54, 1.807) is 12.1 Å². The van der Waals surface area contributed by atoms with Gasteiger partial charge in [-0.05, 0) is 29.3 Å². The summed E-state index contributed by atoms with van der Waals surface area (Å²) in [4.78, 5) is 0. The first-order valence-electron chi connectivity index (χ1n) is 6.03. The Morgan fingerprint density at radius 1 is 1.00 bits per heavy atom. The fourth-order valence-corrected chi connectivity index (χ4v) is 2.01. The lowest BCUT2D eigenvalue weighted by Crippen LogP contribution is -2.01. The number of nitrogens with zero attached hydrogens (tertiary/aromatic N) is 3. The van der Waals surface area contributed by atoms with Gasteiger partial charge in [0.15, 0.2) is 5.65 Å². The highest BCUT2D eigenvalue weighted by atomic mass is 19.1. The van der Waals surface area contributed by atoms with Gasteiger partial charge in [-0.1, -0.05) is 18.2 Å². The molecule has 4 nitrogen and oxygen atoms in total. The molecule has 0 unspecified atom stereocenters. The Morgan fingerprint density at radius 3 is 2.47 bits per heavy atom. The number of rotatable bonds is 3. The van der Waals surface area contributed by atoms with Crippen LogP contribution in [0.4, 0.5) is 4.39 Å². The quantitative estimate of drug-likeness (QED) is 0.779. The van der Waals surface area contributed by atoms with Crippen LogP contribution in [-0.4, -0.2) is 14.6 Å². The molecular weight excluding hydrogens is 243 g/mol. The molecule has 2 heterocycles. The van der Waals surface area contributed by atoms with Crippen molar-refractivity contribution in [1.82, 2.24) is 14.6 Å². The van der Waals surface area contributed by atoms with E-state index >= 15 is 0 Å². The first kappa shape index (κ1) is 11.8. The molecule has 0 spiro atoms. The van der Waals surface area contributed by atoms with Gasteiger partial charge in [-0.2, -0.15) is 0 Å². The Bertz CT molecular complexity index is 703. The van der Waals surface area contributed by atoms with E-state index < -0.39 is 0 Å². The summed E-state index contributed by atoms with van der Waals surface area (Å²) in [5, 5.41) is 8.27. The average molecular weight is 256 g/mol. The minimum atomic E-state index is -0.236. The molecule has 5 heteroatoms. The topological polar surface area (TPSA) is 56.2 Å². The fraction of sp³-hybridized carbons (Fsp3) is 0.143. The largest absolute Gasteiger partial charge is 0.326 e. The van der Waals surface area contributed by atoms with Gasteiger partial charge in [0.2, 0.25) is 0 Å². The Morgan fingerprint density at radius 2 is 1.74 bits per heavy atom. The first-order valence-corrected chi connectivity index (χ1v) is 6.03. The Kier molecular flexibility index (Phi) is 2.97. The molecule has 1 aromatic carbocycles. The van der Waals surface area contributed by atoms with Crippen LogP contribution >= 0.6 is 0 Å². The van der Waals surface area contributed by atoms with E-state index in [1.807, 2.05) is 22.7 Å². The van der Waals surface area contributed by atoms with Crippen LogP contribution in [0.1, 0.15) is 17.0 Å². The summed E-state index contributed by atoms with van der Waals surface area (Å²) < 4.78 is 14.8. The number of halogens is 1. The van der Waals surface area contributed by atoms with Crippen LogP contribution in [0, 0.1) is 5.82 Å². The zero-order valence-corrected chi connectivity index (χ0v) is 10.3. The van der Waals surface area contributed by atoms with Gasteiger partial charge in [0, 0.05) is 19.2 Å². The number of hydrogen-bond acceptors (Lipinski definition) is 3. The van der Waals surface area contributed by atoms with Crippen LogP contribution in [0.5, 0.6) is 0 Å². The molecule has 0 saturated carbocycles. The van der Waals surface area contributed by atoms with Crippen molar-refractivity contribution in [2.75, 3.05) is 0 Å². The van der Waals surface area contributed by atoms with Gasteiger partial charge >= 0.3 is 0 Å². The van der Waals surface area contributed by atoms with Gasteiger partial charge in [0.05, 0.1) is 0 Å². The molecule has 19 heavy (non-hydrogen) atoms. The summed E-state index contributed by atoms with van der Waals surface area (Å²) in [5.41, 5.74) is 8.43. The second-order valence-corrected chi connectivity index (χ2v) is 4.39. The van der Waals surface area contributed by atoms with Crippen molar-refractivity contribution in [1.29, 1.82) is 0 Å². The maximum absolute atomic E-state index is 12.9. The van der Waals surface area contributed by atoms with E-state index in [9.17, 15) is 4.39 Å². The van der Waals surface area contributed by atoms with Gasteiger partial charge in [-0.25, -0.2) is 4.39 Å². The lowest BCUT2D eigenvalue weighted by atomic mass is 10.1. The van der Waals surface area contributed by atoms with E-state index in [4.69, 9.17) is 5.73 Å². The van der Waals surface area contributed by atoms with Crippen molar-refractivity contribution in [3.63, 3.8) is 0 Å². The van der Waals surface area contributed by atoms with Crippen LogP contribution in [0.3, 0.4) is 0 Å². The Balaban J connectivity index is 1.98. The summed E-state index contributed by atoms with van der Waals surface area (Å²) in [6.07, 6.45) is 2.55. The Labute approximate surface area is 109 Å². The van der Waals surface area contributed by atoms with Gasteiger partial charge < -0.3 is 5.73 Å². The second-order valence-electron chi connectivity index (χ2n) is 4.39. The number of benzene rings is 1. The molecule has 0 amide bonds. The van der Waals surface area contributed by atoms with Crippen molar-refractivity contribution in [3.05, 3.63) is 65.4 Å². The van der Waals surface area contributed by atoms with Gasteiger partial charge in [-0.3, -0.25) is 4.40 Å². The van der Waals surface area contributed by atoms with Crippen molar-refractivity contribution in [3.8, 4) is 0 Å². The maximum atomic E-state index is 12.9. The van der Waals surface area contributed by atoms with Gasteiger partial charge in [-0.15, -0.1) is 10.2 Å². The van der Waals surface area contributed by atoms with Crippen molar-refractivity contribution in [2.45, 2.75) is 13.0 Å². The molecule has 0 atom stereocenters. The number of fused-ring (bicyclic) bond motifs is 1. The minimum Gasteiger partial charge on any atom is -0.326 e. The number of pyridine rings is 1. The summed E-state index contributed by atoms with van der Waals surface area (Å²) in [6.45, 7) is 0.476. The number of nitrogens with two attached hydrogens (primary N) is 1. The molecule has 0 aliphatic carbocycles. The standard InChI is InChI=1S/C14H13FN4/c15-12-4-1-10(2-5-12)7-14-18-17-13-6-3-11(8-16)9-19(13)14/h1-6,9H,7-8,16H2. The van der Waals surface area contributed by atoms with Gasteiger partial charge in [0.1, 0.15) is 11.6 Å². The zero-order chi connectivity index (χ0) is 13.2. The molecule has 96 valence electrons. The molecule has 0 radical (unpaired) electrons. The average Bonchev–Trinajstić information content (AvgIpc) is 2.84. The SMILES string of the molecule is NCc1ccc2nnc(Cc3ccc(F)cc3)n2c1. The van der Waals surface area contributed by atoms with Crippen molar-refractivity contribution >= 4 is 5.65 Å². The van der Waals surface area contributed by atoms with Crippen molar-refractivity contribution in [2.24, 2.45) is 5.73 Å². The zero-order valence-electron chi connectivity index (χ0n) is 10.3. The molecule has 2 N–H and O–H groups in total.